The zero-order valence-corrected chi connectivity index (χ0v) is 17.2. The Kier molecular flexibility index (Phi) is 5.76. The predicted octanol–water partition coefficient (Wildman–Crippen LogP) is 4.89. The quantitative estimate of drug-likeness (QED) is 0.689. The van der Waals surface area contributed by atoms with E-state index in [2.05, 4.69) is 36.1 Å². The first-order valence-electron chi connectivity index (χ1n) is 9.57. The third-order valence-electron chi connectivity index (χ3n) is 5.42. The first-order valence-corrected chi connectivity index (χ1v) is 11.0. The average Bonchev–Trinajstić information content (AvgIpc) is 3.40. The van der Waals surface area contributed by atoms with E-state index in [1.54, 1.807) is 11.8 Å². The van der Waals surface area contributed by atoms with Crippen LogP contribution in [0.4, 0.5) is 0 Å². The Morgan fingerprint density at radius 2 is 1.93 bits per heavy atom. The van der Waals surface area contributed by atoms with Crippen molar-refractivity contribution in [3.63, 3.8) is 0 Å². The molecule has 2 aromatic rings. The Labute approximate surface area is 170 Å². The second-order valence-electron chi connectivity index (χ2n) is 7.39. The lowest BCUT2D eigenvalue weighted by Gasteiger charge is -2.29. The van der Waals surface area contributed by atoms with Crippen molar-refractivity contribution < 1.29 is 4.79 Å². The Morgan fingerprint density at radius 1 is 1.19 bits per heavy atom. The van der Waals surface area contributed by atoms with Gasteiger partial charge in [-0.3, -0.25) is 9.69 Å². The van der Waals surface area contributed by atoms with E-state index < -0.39 is 0 Å². The molecule has 1 atom stereocenters. The van der Waals surface area contributed by atoms with Crippen LogP contribution in [0.2, 0.25) is 5.02 Å². The molecule has 1 heterocycles. The zero-order chi connectivity index (χ0) is 18.8. The van der Waals surface area contributed by atoms with Gasteiger partial charge in [0.1, 0.15) is 5.37 Å². The van der Waals surface area contributed by atoms with E-state index in [0.29, 0.717) is 12.6 Å². The molecule has 3 nitrogen and oxygen atoms in total. The van der Waals surface area contributed by atoms with Crippen molar-refractivity contribution in [3.05, 3.63) is 70.2 Å². The van der Waals surface area contributed by atoms with Gasteiger partial charge in [-0.05, 0) is 37.0 Å². The number of amides is 1. The minimum Gasteiger partial charge on any atom is -0.325 e. The highest BCUT2D eigenvalue weighted by Gasteiger charge is 2.36. The van der Waals surface area contributed by atoms with Gasteiger partial charge >= 0.3 is 0 Å². The molecule has 0 aromatic heterocycles. The van der Waals surface area contributed by atoms with Crippen molar-refractivity contribution in [3.8, 4) is 0 Å². The predicted molar refractivity (Wildman–Crippen MR) is 113 cm³/mol. The van der Waals surface area contributed by atoms with E-state index in [1.807, 2.05) is 29.2 Å². The Balaban J connectivity index is 1.48. The summed E-state index contributed by atoms with van der Waals surface area (Å²) < 4.78 is 0. The second kappa shape index (κ2) is 8.26. The van der Waals surface area contributed by atoms with E-state index in [0.717, 1.165) is 29.4 Å². The third-order valence-corrected chi connectivity index (χ3v) is 7.01. The van der Waals surface area contributed by atoms with Crippen LogP contribution in [0.5, 0.6) is 0 Å². The summed E-state index contributed by atoms with van der Waals surface area (Å²) >= 11 is 8.21. The van der Waals surface area contributed by atoms with Gasteiger partial charge < -0.3 is 4.90 Å². The number of carbonyl (C=O) groups is 1. The summed E-state index contributed by atoms with van der Waals surface area (Å²) in [4.78, 5) is 17.6. The average molecular weight is 401 g/mol. The molecule has 2 fully saturated rings. The number of benzene rings is 2. The number of hydrogen-bond acceptors (Lipinski definition) is 3. The largest absolute Gasteiger partial charge is 0.325 e. The maximum Gasteiger partial charge on any atom is 0.237 e. The van der Waals surface area contributed by atoms with Gasteiger partial charge in [-0.2, -0.15) is 0 Å². The van der Waals surface area contributed by atoms with E-state index in [9.17, 15) is 4.79 Å². The number of hydrogen-bond donors (Lipinski definition) is 0. The lowest BCUT2D eigenvalue weighted by atomic mass is 10.1. The van der Waals surface area contributed by atoms with Crippen LogP contribution in [0.3, 0.4) is 0 Å². The number of thioether (sulfide) groups is 1. The number of halogens is 1. The first kappa shape index (κ1) is 18.9. The molecule has 1 aliphatic heterocycles. The zero-order valence-electron chi connectivity index (χ0n) is 15.6. The van der Waals surface area contributed by atoms with Gasteiger partial charge in [-0.1, -0.05) is 54.1 Å². The standard InChI is InChI=1S/C22H25ClN2OS/c1-16-6-2-3-7-17(16)14-24(18-10-11-18)15-21(26)25-12-13-27-22(25)19-8-4-5-9-20(19)23/h2-9,18,22H,10-15H2,1H3/t22-/m0/s1. The molecule has 5 heteroatoms. The lowest BCUT2D eigenvalue weighted by molar-refractivity contribution is -0.132. The van der Waals surface area contributed by atoms with Crippen LogP contribution in [-0.4, -0.2) is 40.6 Å². The van der Waals surface area contributed by atoms with E-state index in [4.69, 9.17) is 11.6 Å². The fourth-order valence-electron chi connectivity index (χ4n) is 3.68. The summed E-state index contributed by atoms with van der Waals surface area (Å²) in [5.74, 6) is 1.17. The van der Waals surface area contributed by atoms with E-state index in [1.165, 1.54) is 24.0 Å². The third kappa shape index (κ3) is 4.34. The molecule has 27 heavy (non-hydrogen) atoms. The number of rotatable bonds is 6. The van der Waals surface area contributed by atoms with Crippen LogP contribution in [0.1, 0.15) is 34.9 Å². The van der Waals surface area contributed by atoms with Crippen LogP contribution in [0.25, 0.3) is 0 Å². The maximum absolute atomic E-state index is 13.2. The Bertz CT molecular complexity index is 823. The topological polar surface area (TPSA) is 23.6 Å². The van der Waals surface area contributed by atoms with Crippen molar-refractivity contribution in [1.29, 1.82) is 0 Å². The lowest BCUT2D eigenvalue weighted by Crippen LogP contribution is -2.40. The highest BCUT2D eigenvalue weighted by molar-refractivity contribution is 7.99. The molecule has 0 N–H and O–H groups in total. The van der Waals surface area contributed by atoms with E-state index in [-0.39, 0.29) is 11.3 Å². The molecule has 2 aliphatic rings. The van der Waals surface area contributed by atoms with Gasteiger partial charge in [0.05, 0.1) is 6.54 Å². The smallest absolute Gasteiger partial charge is 0.237 e. The van der Waals surface area contributed by atoms with Gasteiger partial charge in [-0.25, -0.2) is 0 Å². The van der Waals surface area contributed by atoms with Crippen molar-refractivity contribution in [2.45, 2.75) is 37.7 Å². The van der Waals surface area contributed by atoms with Gasteiger partial charge in [0.2, 0.25) is 5.91 Å². The van der Waals surface area contributed by atoms with Crippen molar-refractivity contribution in [1.82, 2.24) is 9.80 Å². The summed E-state index contributed by atoms with van der Waals surface area (Å²) in [6, 6.07) is 16.9. The summed E-state index contributed by atoms with van der Waals surface area (Å²) in [6.45, 7) is 4.27. The van der Waals surface area contributed by atoms with Gasteiger partial charge in [0, 0.05) is 35.5 Å². The fraction of sp³-hybridized carbons (Fsp3) is 0.409. The maximum atomic E-state index is 13.2. The molecule has 4 rings (SSSR count). The monoisotopic (exact) mass is 400 g/mol. The number of carbonyl (C=O) groups excluding carboxylic acids is 1. The SMILES string of the molecule is Cc1ccccc1CN(CC(=O)N1CCS[C@H]1c1ccccc1Cl)C1CC1. The van der Waals surface area contributed by atoms with Crippen LogP contribution in [-0.2, 0) is 11.3 Å². The highest BCUT2D eigenvalue weighted by atomic mass is 35.5. The molecule has 1 aliphatic carbocycles. The second-order valence-corrected chi connectivity index (χ2v) is 8.99. The molecular formula is C22H25ClN2OS. The van der Waals surface area contributed by atoms with Crippen LogP contribution >= 0.6 is 23.4 Å². The molecule has 0 radical (unpaired) electrons. The van der Waals surface area contributed by atoms with Gasteiger partial charge in [-0.15, -0.1) is 11.8 Å². The van der Waals surface area contributed by atoms with Gasteiger partial charge in [0.25, 0.3) is 0 Å². The Morgan fingerprint density at radius 3 is 2.67 bits per heavy atom. The van der Waals surface area contributed by atoms with Crippen LogP contribution < -0.4 is 0 Å². The number of nitrogens with zero attached hydrogens (tertiary/aromatic N) is 2. The minimum atomic E-state index is 0.0331. The van der Waals surface area contributed by atoms with E-state index >= 15 is 0 Å². The molecule has 1 saturated carbocycles. The van der Waals surface area contributed by atoms with Crippen LogP contribution in [0, 0.1) is 6.92 Å². The van der Waals surface area contributed by atoms with Crippen LogP contribution in [0.15, 0.2) is 48.5 Å². The minimum absolute atomic E-state index is 0.0331. The molecule has 0 unspecified atom stereocenters. The fourth-order valence-corrected chi connectivity index (χ4v) is 5.30. The van der Waals surface area contributed by atoms with Crippen molar-refractivity contribution >= 4 is 29.3 Å². The summed E-state index contributed by atoms with van der Waals surface area (Å²) in [5.41, 5.74) is 3.66. The first-order chi connectivity index (χ1) is 13.1. The summed E-state index contributed by atoms with van der Waals surface area (Å²) in [7, 11) is 0. The molecule has 1 amide bonds. The van der Waals surface area contributed by atoms with Crippen molar-refractivity contribution in [2.75, 3.05) is 18.8 Å². The molecular weight excluding hydrogens is 376 g/mol. The highest BCUT2D eigenvalue weighted by Crippen LogP contribution is 2.41. The normalized spacial score (nSPS) is 19.7. The molecule has 1 saturated heterocycles. The molecule has 2 aromatic carbocycles. The summed E-state index contributed by atoms with van der Waals surface area (Å²) in [5, 5.41) is 0.777. The van der Waals surface area contributed by atoms with Gasteiger partial charge in [0.15, 0.2) is 0 Å². The van der Waals surface area contributed by atoms with Crippen molar-refractivity contribution in [2.24, 2.45) is 0 Å². The molecule has 0 bridgehead atoms. The molecule has 142 valence electrons. The Hall–Kier alpha value is -1.49. The summed E-state index contributed by atoms with van der Waals surface area (Å²) in [6.07, 6.45) is 2.39. The number of aryl methyl sites for hydroxylation is 1. The molecule has 0 spiro atoms.